The molecule has 230 valence electrons. The van der Waals surface area contributed by atoms with E-state index in [2.05, 4.69) is 29.2 Å². The number of carboxylic acid groups (broad SMARTS) is 1. The van der Waals surface area contributed by atoms with Crippen LogP contribution >= 0.6 is 0 Å². The maximum Gasteiger partial charge on any atom is 0.335 e. The highest BCUT2D eigenvalue weighted by Gasteiger charge is 2.48. The molecule has 0 radical (unpaired) electrons. The zero-order valence-corrected chi connectivity index (χ0v) is 23.7. The van der Waals surface area contributed by atoms with Gasteiger partial charge in [0.05, 0.1) is 0 Å². The maximum absolute atomic E-state index is 11.3. The van der Waals surface area contributed by atoms with Gasteiger partial charge >= 0.3 is 5.97 Å². The van der Waals surface area contributed by atoms with Crippen LogP contribution in [-0.2, 0) is 16.1 Å². The maximum atomic E-state index is 11.3. The first-order valence-electron chi connectivity index (χ1n) is 14.2. The molecule has 7 atom stereocenters. The van der Waals surface area contributed by atoms with Gasteiger partial charge in [0.1, 0.15) is 54.9 Å². The molecule has 0 aliphatic carbocycles. The molecule has 11 heteroatoms. The minimum atomic E-state index is -1.80. The number of carbonyl (C=O) groups is 1. The van der Waals surface area contributed by atoms with Crippen molar-refractivity contribution in [2.75, 3.05) is 26.7 Å². The molecule has 5 rings (SSSR count). The van der Waals surface area contributed by atoms with E-state index in [9.17, 15) is 30.3 Å². The highest BCUT2D eigenvalue weighted by Crippen LogP contribution is 2.39. The van der Waals surface area contributed by atoms with Crippen molar-refractivity contribution in [2.45, 2.75) is 55.8 Å². The van der Waals surface area contributed by atoms with Crippen LogP contribution in [-0.4, -0.2) is 100.0 Å². The molecule has 5 N–H and O–H groups in total. The van der Waals surface area contributed by atoms with Crippen molar-refractivity contribution >= 4 is 5.97 Å². The van der Waals surface area contributed by atoms with Crippen molar-refractivity contribution in [1.29, 1.82) is 0 Å². The molecule has 43 heavy (non-hydrogen) atoms. The molecule has 11 nitrogen and oxygen atoms in total. The fourth-order valence-electron chi connectivity index (χ4n) is 5.48. The first-order chi connectivity index (χ1) is 20.7. The van der Waals surface area contributed by atoms with Crippen LogP contribution in [0.3, 0.4) is 0 Å². The summed E-state index contributed by atoms with van der Waals surface area (Å²) in [6.45, 7) is 1.75. The number of hydrogen-bond acceptors (Lipinski definition) is 10. The number of benzene rings is 3. The van der Waals surface area contributed by atoms with Gasteiger partial charge in [-0.2, -0.15) is 0 Å². The van der Waals surface area contributed by atoms with Crippen molar-refractivity contribution in [3.05, 3.63) is 89.5 Å². The van der Waals surface area contributed by atoms with Gasteiger partial charge in [0, 0.05) is 18.0 Å². The van der Waals surface area contributed by atoms with Gasteiger partial charge in [0.25, 0.3) is 0 Å². The average molecular weight is 596 g/mol. The van der Waals surface area contributed by atoms with Gasteiger partial charge < -0.3 is 49.4 Å². The van der Waals surface area contributed by atoms with Crippen molar-refractivity contribution in [2.24, 2.45) is 0 Å². The summed E-state index contributed by atoms with van der Waals surface area (Å²) in [5.41, 5.74) is 3.61. The number of ether oxygens (including phenoxy) is 4. The fraction of sp³-hybridized carbons (Fsp3) is 0.406. The lowest BCUT2D eigenvalue weighted by Crippen LogP contribution is -2.61. The smallest absolute Gasteiger partial charge is 0.335 e. The fourth-order valence-corrected chi connectivity index (χ4v) is 5.48. The molecule has 0 saturated carbocycles. The van der Waals surface area contributed by atoms with E-state index in [1.807, 2.05) is 31.3 Å². The van der Waals surface area contributed by atoms with E-state index in [1.54, 1.807) is 12.1 Å². The molecule has 3 aromatic carbocycles. The third kappa shape index (κ3) is 7.27. The molecule has 3 aromatic rings. The predicted molar refractivity (Wildman–Crippen MR) is 154 cm³/mol. The molecule has 1 fully saturated rings. The van der Waals surface area contributed by atoms with Gasteiger partial charge in [-0.25, -0.2) is 4.79 Å². The molecule has 0 bridgehead atoms. The van der Waals surface area contributed by atoms with Crippen molar-refractivity contribution in [3.63, 3.8) is 0 Å². The van der Waals surface area contributed by atoms with Crippen LogP contribution in [0.15, 0.2) is 72.8 Å². The normalized spacial score (nSPS) is 25.5. The predicted octanol–water partition coefficient (Wildman–Crippen LogP) is 1.74. The van der Waals surface area contributed by atoms with Crippen LogP contribution in [0.1, 0.15) is 29.0 Å². The lowest BCUT2D eigenvalue weighted by atomic mass is 9.86. The van der Waals surface area contributed by atoms with Crippen LogP contribution in [0, 0.1) is 0 Å². The summed E-state index contributed by atoms with van der Waals surface area (Å²) in [5.74, 6) is 0.269. The molecular formula is C32H37NO10. The van der Waals surface area contributed by atoms with Crippen LogP contribution < -0.4 is 14.2 Å². The Morgan fingerprint density at radius 3 is 2.35 bits per heavy atom. The zero-order chi connectivity index (χ0) is 30.5. The number of fused-ring (bicyclic) bond motifs is 2. The molecular weight excluding hydrogens is 558 g/mol. The van der Waals surface area contributed by atoms with Crippen molar-refractivity contribution in [3.8, 4) is 17.2 Å². The summed E-state index contributed by atoms with van der Waals surface area (Å²) in [6, 6.07) is 22.7. The summed E-state index contributed by atoms with van der Waals surface area (Å²) in [6.07, 6.45) is -8.36. The number of nitrogens with zero attached hydrogens (tertiary/aromatic N) is 1. The van der Waals surface area contributed by atoms with Crippen LogP contribution in [0.5, 0.6) is 17.2 Å². The number of aliphatic carboxylic acids is 1. The van der Waals surface area contributed by atoms with Crippen LogP contribution in [0.25, 0.3) is 0 Å². The molecule has 2 heterocycles. The summed E-state index contributed by atoms with van der Waals surface area (Å²) >= 11 is 0. The average Bonchev–Trinajstić information content (AvgIpc) is 3.16. The van der Waals surface area contributed by atoms with Gasteiger partial charge in [-0.1, -0.05) is 42.5 Å². The number of hydrogen-bond donors (Lipinski definition) is 5. The van der Waals surface area contributed by atoms with Crippen molar-refractivity contribution in [1.82, 2.24) is 4.90 Å². The molecule has 0 spiro atoms. The Morgan fingerprint density at radius 2 is 1.60 bits per heavy atom. The molecule has 2 aliphatic heterocycles. The molecule has 0 amide bonds. The monoisotopic (exact) mass is 595 g/mol. The standard InChI is InChI=1S/C32H37NO10/c1-33(15-14-24-23-7-3-2-6-19(23)17-41-26-9-5-4-8-25(24)26)16-20(34)18-40-21-10-12-22(13-11-21)42-32-29(37)27(35)28(36)30(43-32)31(38)39/h2-13,20,24,27-30,32,34-37H,14-18H2,1H3,(H,38,39)/t20-,24+,27-,28-,29+,30-,32+/m0/s1. The van der Waals surface area contributed by atoms with Gasteiger partial charge in [-0.3, -0.25) is 0 Å². The minimum absolute atomic E-state index is 0.0578. The minimum Gasteiger partial charge on any atom is -0.491 e. The highest BCUT2D eigenvalue weighted by molar-refractivity contribution is 5.73. The Bertz CT molecular complexity index is 1320. The summed E-state index contributed by atoms with van der Waals surface area (Å²) in [5, 5.41) is 49.7. The Kier molecular flexibility index (Phi) is 9.81. The molecule has 0 unspecified atom stereocenters. The van der Waals surface area contributed by atoms with Gasteiger partial charge in [0.2, 0.25) is 6.29 Å². The summed E-state index contributed by atoms with van der Waals surface area (Å²) in [4.78, 5) is 13.4. The highest BCUT2D eigenvalue weighted by atomic mass is 16.7. The zero-order valence-electron chi connectivity index (χ0n) is 23.7. The van der Waals surface area contributed by atoms with Gasteiger partial charge in [0.15, 0.2) is 6.10 Å². The topological polar surface area (TPSA) is 158 Å². The van der Waals surface area contributed by atoms with E-state index < -0.39 is 42.8 Å². The van der Waals surface area contributed by atoms with E-state index in [4.69, 9.17) is 18.9 Å². The SMILES string of the molecule is CN(CC[C@@H]1c2ccccc2COc2ccccc21)C[C@H](O)COc1ccc(O[C@@H]2O[C@H](C(=O)O)[C@@H](O)[C@H](O)[C@H]2O)cc1. The number of likely N-dealkylation sites (N-methyl/N-ethyl adjacent to an activating group) is 1. The van der Waals surface area contributed by atoms with Crippen molar-refractivity contribution < 1.29 is 49.3 Å². The summed E-state index contributed by atoms with van der Waals surface area (Å²) in [7, 11) is 1.97. The van der Waals surface area contributed by atoms with Gasteiger partial charge in [-0.05, 0) is 61.5 Å². The number of aliphatic hydroxyl groups is 4. The Balaban J connectivity index is 1.11. The van der Waals surface area contributed by atoms with Crippen LogP contribution in [0.4, 0.5) is 0 Å². The van der Waals surface area contributed by atoms with E-state index in [1.165, 1.54) is 23.3 Å². The number of rotatable bonds is 11. The number of carboxylic acids is 1. The van der Waals surface area contributed by atoms with E-state index in [0.29, 0.717) is 18.9 Å². The van der Waals surface area contributed by atoms with Gasteiger partial charge in [-0.15, -0.1) is 0 Å². The quantitative estimate of drug-likeness (QED) is 0.220. The third-order valence-electron chi connectivity index (χ3n) is 7.76. The summed E-state index contributed by atoms with van der Waals surface area (Å²) < 4.78 is 22.5. The van der Waals surface area contributed by atoms with E-state index >= 15 is 0 Å². The lowest BCUT2D eigenvalue weighted by molar-refractivity contribution is -0.271. The second kappa shape index (κ2) is 13.7. The first-order valence-corrected chi connectivity index (χ1v) is 14.2. The number of para-hydroxylation sites is 1. The van der Waals surface area contributed by atoms with Crippen LogP contribution in [0.2, 0.25) is 0 Å². The Labute approximate surface area is 249 Å². The number of aliphatic hydroxyl groups excluding tert-OH is 4. The second-order valence-electron chi connectivity index (χ2n) is 10.9. The molecule has 0 aromatic heterocycles. The third-order valence-corrected chi connectivity index (χ3v) is 7.76. The second-order valence-corrected chi connectivity index (χ2v) is 10.9. The van der Waals surface area contributed by atoms with E-state index in [0.717, 1.165) is 24.3 Å². The van der Waals surface area contributed by atoms with E-state index in [-0.39, 0.29) is 18.3 Å². The Morgan fingerprint density at radius 1 is 0.930 bits per heavy atom. The first kappa shape index (κ1) is 30.7. The molecule has 1 saturated heterocycles. The Hall–Kier alpha value is -3.71. The molecule has 2 aliphatic rings. The largest absolute Gasteiger partial charge is 0.491 e. The lowest BCUT2D eigenvalue weighted by Gasteiger charge is -2.38.